The van der Waals surface area contributed by atoms with Crippen LogP contribution in [-0.2, 0) is 14.3 Å². The van der Waals surface area contributed by atoms with Gasteiger partial charge in [-0.3, -0.25) is 9.59 Å². The first-order valence-corrected chi connectivity index (χ1v) is 7.07. The molecule has 5 heteroatoms. The van der Waals surface area contributed by atoms with Gasteiger partial charge in [-0.05, 0) is 30.1 Å². The predicted octanol–water partition coefficient (Wildman–Crippen LogP) is 0.400. The van der Waals surface area contributed by atoms with Gasteiger partial charge in [-0.1, -0.05) is 19.9 Å². The number of carbonyl (C=O) groups excluding carboxylic acids is 2. The Balaban J connectivity index is 1.93. The molecule has 5 nitrogen and oxygen atoms in total. The van der Waals surface area contributed by atoms with Gasteiger partial charge in [0.15, 0.2) is 0 Å². The number of cyclic esters (lactones) is 1. The van der Waals surface area contributed by atoms with Crippen molar-refractivity contribution in [3.63, 3.8) is 0 Å². The van der Waals surface area contributed by atoms with Crippen molar-refractivity contribution in [2.75, 3.05) is 0 Å². The highest BCUT2D eigenvalue weighted by molar-refractivity contribution is 5.95. The smallest absolute Gasteiger partial charge is 0.318 e. The molecule has 0 aromatic heterocycles. The Morgan fingerprint density at radius 2 is 2.00 bits per heavy atom. The molecule has 0 amide bonds. The number of aliphatic hydroxyl groups excluding tert-OH is 2. The summed E-state index contributed by atoms with van der Waals surface area (Å²) >= 11 is 0. The molecule has 5 unspecified atom stereocenters. The maximum atomic E-state index is 12.3. The Morgan fingerprint density at radius 1 is 1.30 bits per heavy atom. The van der Waals surface area contributed by atoms with Gasteiger partial charge >= 0.3 is 5.97 Å². The fourth-order valence-electron chi connectivity index (χ4n) is 5.40. The topological polar surface area (TPSA) is 83.8 Å². The first-order chi connectivity index (χ1) is 9.32. The molecule has 0 aromatic carbocycles. The summed E-state index contributed by atoms with van der Waals surface area (Å²) in [5.41, 5.74) is -1.92. The summed E-state index contributed by atoms with van der Waals surface area (Å²) in [7, 11) is 0. The van der Waals surface area contributed by atoms with Gasteiger partial charge in [-0.15, -0.1) is 0 Å². The highest BCUT2D eigenvalue weighted by Crippen LogP contribution is 2.81. The van der Waals surface area contributed by atoms with Crippen molar-refractivity contribution in [2.24, 2.45) is 28.1 Å². The second kappa shape index (κ2) is 3.17. The van der Waals surface area contributed by atoms with E-state index in [-0.39, 0.29) is 17.3 Å². The summed E-state index contributed by atoms with van der Waals surface area (Å²) < 4.78 is 4.99. The molecule has 0 aromatic rings. The SMILES string of the molecule is CC1(C)CC2C=C(C=O)C34C(O)OC(=O)C3(C2C1)[C@H]4O. The van der Waals surface area contributed by atoms with Gasteiger partial charge < -0.3 is 14.9 Å². The van der Waals surface area contributed by atoms with E-state index in [0.29, 0.717) is 11.9 Å². The zero-order valence-electron chi connectivity index (χ0n) is 11.5. The van der Waals surface area contributed by atoms with Crippen LogP contribution in [0.4, 0.5) is 0 Å². The summed E-state index contributed by atoms with van der Waals surface area (Å²) in [6.45, 7) is 4.26. The Kier molecular flexibility index (Phi) is 1.99. The van der Waals surface area contributed by atoms with E-state index in [1.807, 2.05) is 6.08 Å². The van der Waals surface area contributed by atoms with E-state index in [2.05, 4.69) is 13.8 Å². The molecule has 1 saturated heterocycles. The monoisotopic (exact) mass is 278 g/mol. The number of aliphatic hydroxyl groups is 2. The maximum absolute atomic E-state index is 12.3. The second-order valence-corrected chi connectivity index (χ2v) is 7.48. The molecule has 0 spiro atoms. The number of fused-ring (bicyclic) bond motifs is 1. The fourth-order valence-corrected chi connectivity index (χ4v) is 5.40. The highest BCUT2D eigenvalue weighted by Gasteiger charge is 2.94. The summed E-state index contributed by atoms with van der Waals surface area (Å²) in [6.07, 6.45) is 1.77. The van der Waals surface area contributed by atoms with E-state index in [1.54, 1.807) is 0 Å². The van der Waals surface area contributed by atoms with Crippen molar-refractivity contribution < 1.29 is 24.5 Å². The molecule has 1 heterocycles. The van der Waals surface area contributed by atoms with Crippen LogP contribution in [0.15, 0.2) is 11.6 Å². The Labute approximate surface area is 116 Å². The third-order valence-electron chi connectivity index (χ3n) is 6.07. The first kappa shape index (κ1) is 12.5. The summed E-state index contributed by atoms with van der Waals surface area (Å²) in [5, 5.41) is 20.6. The number of aldehydes is 1. The van der Waals surface area contributed by atoms with Gasteiger partial charge in [0.1, 0.15) is 17.1 Å². The van der Waals surface area contributed by atoms with E-state index in [1.165, 1.54) is 0 Å². The van der Waals surface area contributed by atoms with Crippen LogP contribution >= 0.6 is 0 Å². The Hall–Kier alpha value is -1.20. The molecule has 2 N–H and O–H groups in total. The van der Waals surface area contributed by atoms with Crippen LogP contribution in [0, 0.1) is 28.1 Å². The lowest BCUT2D eigenvalue weighted by Gasteiger charge is -2.29. The molecule has 6 atom stereocenters. The lowest BCUT2D eigenvalue weighted by molar-refractivity contribution is -0.171. The van der Waals surface area contributed by atoms with Crippen LogP contribution in [-0.4, -0.2) is 34.9 Å². The van der Waals surface area contributed by atoms with E-state index in [9.17, 15) is 19.8 Å². The molecule has 0 bridgehead atoms. The second-order valence-electron chi connectivity index (χ2n) is 7.48. The largest absolute Gasteiger partial charge is 0.434 e. The highest BCUT2D eigenvalue weighted by atomic mass is 16.7. The minimum atomic E-state index is -1.41. The molecule has 3 aliphatic carbocycles. The van der Waals surface area contributed by atoms with Crippen LogP contribution < -0.4 is 0 Å². The number of hydrogen-bond donors (Lipinski definition) is 2. The van der Waals surface area contributed by atoms with Gasteiger partial charge in [-0.25, -0.2) is 0 Å². The van der Waals surface area contributed by atoms with Gasteiger partial charge in [0, 0.05) is 5.57 Å². The zero-order chi connectivity index (χ0) is 14.5. The molecular formula is C15H18O5. The maximum Gasteiger partial charge on any atom is 0.318 e. The molecule has 4 aliphatic rings. The Morgan fingerprint density at radius 3 is 2.65 bits per heavy atom. The fraction of sp³-hybridized carbons (Fsp3) is 0.733. The van der Waals surface area contributed by atoms with Crippen LogP contribution in [0.1, 0.15) is 26.7 Å². The number of allylic oxidation sites excluding steroid dienone is 1. The standard InChI is InChI=1S/C15H18O5/c1-13(2)4-7-3-8(6-16)14-10(17)15(14,9(7)5-13)12(19)20-11(14)18/h3,6-7,9-11,17-18H,4-5H2,1-2H3/t7?,9?,10-,11?,14?,15?/m0/s1. The average molecular weight is 278 g/mol. The van der Waals surface area contributed by atoms with Crippen molar-refractivity contribution in [3.8, 4) is 0 Å². The number of esters is 1. The number of carbonyl (C=O) groups is 2. The van der Waals surface area contributed by atoms with Crippen LogP contribution in [0.2, 0.25) is 0 Å². The van der Waals surface area contributed by atoms with Gasteiger partial charge in [0.25, 0.3) is 0 Å². The molecule has 108 valence electrons. The molecule has 0 radical (unpaired) electrons. The van der Waals surface area contributed by atoms with Gasteiger partial charge in [0.05, 0.1) is 6.10 Å². The summed E-state index contributed by atoms with van der Waals surface area (Å²) in [5.74, 6) is -0.508. The van der Waals surface area contributed by atoms with Crippen LogP contribution in [0.5, 0.6) is 0 Å². The van der Waals surface area contributed by atoms with Crippen LogP contribution in [0.25, 0.3) is 0 Å². The van der Waals surface area contributed by atoms with Crippen LogP contribution in [0.3, 0.4) is 0 Å². The molecule has 2 saturated carbocycles. The van der Waals surface area contributed by atoms with E-state index < -0.39 is 29.2 Å². The Bertz CT molecular complexity index is 565. The molecule has 1 aliphatic heterocycles. The van der Waals surface area contributed by atoms with Crippen molar-refractivity contribution in [3.05, 3.63) is 11.6 Å². The molecular weight excluding hydrogens is 260 g/mol. The summed E-state index contributed by atoms with van der Waals surface area (Å²) in [6, 6.07) is 0. The van der Waals surface area contributed by atoms with Gasteiger partial charge in [0.2, 0.25) is 6.29 Å². The van der Waals surface area contributed by atoms with E-state index in [0.717, 1.165) is 12.8 Å². The number of rotatable bonds is 1. The van der Waals surface area contributed by atoms with E-state index in [4.69, 9.17) is 4.74 Å². The van der Waals surface area contributed by atoms with E-state index >= 15 is 0 Å². The minimum Gasteiger partial charge on any atom is -0.434 e. The normalized spacial score (nSPS) is 54.4. The van der Waals surface area contributed by atoms with Crippen molar-refractivity contribution in [1.82, 2.24) is 0 Å². The number of hydrogen-bond acceptors (Lipinski definition) is 5. The van der Waals surface area contributed by atoms with Crippen molar-refractivity contribution >= 4 is 12.3 Å². The summed E-state index contributed by atoms with van der Waals surface area (Å²) in [4.78, 5) is 23.7. The first-order valence-electron chi connectivity index (χ1n) is 7.07. The minimum absolute atomic E-state index is 0.0548. The zero-order valence-corrected chi connectivity index (χ0v) is 11.5. The number of ether oxygens (including phenoxy) is 1. The lowest BCUT2D eigenvalue weighted by atomic mass is 9.69. The average Bonchev–Trinajstić information content (AvgIpc) is 2.65. The third kappa shape index (κ3) is 0.969. The molecule has 4 rings (SSSR count). The quantitative estimate of drug-likeness (QED) is 0.536. The lowest BCUT2D eigenvalue weighted by Crippen LogP contribution is -2.35. The molecule has 3 fully saturated rings. The van der Waals surface area contributed by atoms with Crippen molar-refractivity contribution in [2.45, 2.75) is 39.1 Å². The third-order valence-corrected chi connectivity index (χ3v) is 6.07. The van der Waals surface area contributed by atoms with Gasteiger partial charge in [-0.2, -0.15) is 0 Å². The van der Waals surface area contributed by atoms with Crippen molar-refractivity contribution in [1.29, 1.82) is 0 Å². The molecule has 20 heavy (non-hydrogen) atoms. The predicted molar refractivity (Wildman–Crippen MR) is 67.1 cm³/mol.